The highest BCUT2D eigenvalue weighted by Gasteiger charge is 2.32. The first-order valence-corrected chi connectivity index (χ1v) is 8.95. The molecule has 0 aliphatic carbocycles. The molecule has 1 atom stereocenters. The number of para-hydroxylation sites is 1. The number of carbonyl (C=O) groups excluding carboxylic acids is 2. The number of rotatable bonds is 5. The van der Waals surface area contributed by atoms with E-state index in [0.717, 1.165) is 12.8 Å². The fourth-order valence-electron chi connectivity index (χ4n) is 3.42. The summed E-state index contributed by atoms with van der Waals surface area (Å²) in [6.45, 7) is 0.587. The standard InChI is InChI=1S/C19H23N3O4/c1-26-19(25)15-9-4-5-12-22(15)17(23)11-6-10-16-20-14-8-3-2-7-13(14)18(24)21-16/h2-3,7-8,15H,4-6,9-12H2,1H3,(H,20,21,24). The van der Waals surface area contributed by atoms with Crippen LogP contribution in [-0.4, -0.2) is 46.4 Å². The van der Waals surface area contributed by atoms with E-state index in [1.807, 2.05) is 6.07 Å². The average molecular weight is 357 g/mol. The summed E-state index contributed by atoms with van der Waals surface area (Å²) >= 11 is 0. The summed E-state index contributed by atoms with van der Waals surface area (Å²) in [5, 5.41) is 0.557. The first kappa shape index (κ1) is 18.1. The van der Waals surface area contributed by atoms with Crippen LogP contribution in [0.15, 0.2) is 29.1 Å². The predicted molar refractivity (Wildman–Crippen MR) is 96.7 cm³/mol. The lowest BCUT2D eigenvalue weighted by atomic mass is 10.0. The van der Waals surface area contributed by atoms with E-state index in [2.05, 4.69) is 9.97 Å². The van der Waals surface area contributed by atoms with Crippen molar-refractivity contribution in [1.29, 1.82) is 0 Å². The number of ether oxygens (including phenoxy) is 1. The first-order chi connectivity index (χ1) is 12.6. The maximum Gasteiger partial charge on any atom is 0.328 e. The van der Waals surface area contributed by atoms with Crippen molar-refractivity contribution in [1.82, 2.24) is 14.9 Å². The fraction of sp³-hybridized carbons (Fsp3) is 0.474. The summed E-state index contributed by atoms with van der Waals surface area (Å²) in [6.07, 6.45) is 3.85. The number of amides is 1. The van der Waals surface area contributed by atoms with Crippen LogP contribution in [0.2, 0.25) is 0 Å². The smallest absolute Gasteiger partial charge is 0.328 e. The molecule has 2 aromatic rings. The van der Waals surface area contributed by atoms with E-state index in [1.165, 1.54) is 7.11 Å². The number of fused-ring (bicyclic) bond motifs is 1. The zero-order chi connectivity index (χ0) is 18.5. The normalized spacial score (nSPS) is 17.3. The molecule has 138 valence electrons. The van der Waals surface area contributed by atoms with Gasteiger partial charge in [-0.25, -0.2) is 9.78 Å². The number of nitrogens with one attached hydrogen (secondary N) is 1. The molecule has 1 aliphatic heterocycles. The number of aromatic nitrogens is 2. The zero-order valence-corrected chi connectivity index (χ0v) is 14.9. The van der Waals surface area contributed by atoms with Crippen molar-refractivity contribution in [2.75, 3.05) is 13.7 Å². The van der Waals surface area contributed by atoms with E-state index in [9.17, 15) is 14.4 Å². The third-order valence-corrected chi connectivity index (χ3v) is 4.76. The molecule has 7 nitrogen and oxygen atoms in total. The number of piperidine rings is 1. The largest absolute Gasteiger partial charge is 0.467 e. The molecule has 1 unspecified atom stereocenters. The summed E-state index contributed by atoms with van der Waals surface area (Å²) in [4.78, 5) is 45.3. The van der Waals surface area contributed by atoms with Gasteiger partial charge in [0.1, 0.15) is 11.9 Å². The Hall–Kier alpha value is -2.70. The molecule has 0 bridgehead atoms. The molecule has 0 spiro atoms. The van der Waals surface area contributed by atoms with Gasteiger partial charge in [-0.05, 0) is 37.8 Å². The maximum absolute atomic E-state index is 12.5. The number of nitrogens with zero attached hydrogens (tertiary/aromatic N) is 2. The number of hydrogen-bond donors (Lipinski definition) is 1. The number of benzene rings is 1. The van der Waals surface area contributed by atoms with Gasteiger partial charge in [0.2, 0.25) is 5.91 Å². The lowest BCUT2D eigenvalue weighted by Crippen LogP contribution is -2.48. The molecule has 7 heteroatoms. The third-order valence-electron chi connectivity index (χ3n) is 4.76. The molecule has 1 aromatic carbocycles. The quantitative estimate of drug-likeness (QED) is 0.824. The van der Waals surface area contributed by atoms with Gasteiger partial charge in [-0.3, -0.25) is 9.59 Å². The maximum atomic E-state index is 12.5. The van der Waals surface area contributed by atoms with Gasteiger partial charge in [0.25, 0.3) is 5.56 Å². The van der Waals surface area contributed by atoms with Crippen molar-refractivity contribution in [3.8, 4) is 0 Å². The molecule has 1 aliphatic rings. The second-order valence-corrected chi connectivity index (χ2v) is 6.51. The first-order valence-electron chi connectivity index (χ1n) is 8.95. The average Bonchev–Trinajstić information content (AvgIpc) is 2.67. The van der Waals surface area contributed by atoms with Gasteiger partial charge in [0.05, 0.1) is 18.0 Å². The number of aromatic amines is 1. The van der Waals surface area contributed by atoms with Crippen LogP contribution in [0.4, 0.5) is 0 Å². The Morgan fingerprint density at radius 2 is 2.12 bits per heavy atom. The van der Waals surface area contributed by atoms with Gasteiger partial charge in [-0.2, -0.15) is 0 Å². The fourth-order valence-corrected chi connectivity index (χ4v) is 3.42. The van der Waals surface area contributed by atoms with E-state index < -0.39 is 6.04 Å². The van der Waals surface area contributed by atoms with E-state index in [4.69, 9.17) is 4.74 Å². The SMILES string of the molecule is COC(=O)C1CCCCN1C(=O)CCCc1nc2ccccc2c(=O)[nH]1. The molecule has 26 heavy (non-hydrogen) atoms. The van der Waals surface area contributed by atoms with Crippen LogP contribution >= 0.6 is 0 Å². The summed E-state index contributed by atoms with van der Waals surface area (Å²) in [5.41, 5.74) is 0.484. The second-order valence-electron chi connectivity index (χ2n) is 6.51. The van der Waals surface area contributed by atoms with Crippen LogP contribution in [0.3, 0.4) is 0 Å². The van der Waals surface area contributed by atoms with Crippen LogP contribution in [0.25, 0.3) is 10.9 Å². The van der Waals surface area contributed by atoms with Gasteiger partial charge in [-0.15, -0.1) is 0 Å². The van der Waals surface area contributed by atoms with Crippen molar-refractivity contribution < 1.29 is 14.3 Å². The summed E-state index contributed by atoms with van der Waals surface area (Å²) in [6, 6.07) is 6.70. The van der Waals surface area contributed by atoms with Crippen molar-refractivity contribution in [3.05, 3.63) is 40.4 Å². The van der Waals surface area contributed by atoms with Gasteiger partial charge < -0.3 is 14.6 Å². The number of likely N-dealkylation sites (tertiary alicyclic amines) is 1. The van der Waals surface area contributed by atoms with Crippen LogP contribution < -0.4 is 5.56 Å². The summed E-state index contributed by atoms with van der Waals surface area (Å²) in [5.74, 6) is 0.173. The van der Waals surface area contributed by atoms with Crippen LogP contribution in [-0.2, 0) is 20.7 Å². The number of hydrogen-bond acceptors (Lipinski definition) is 5. The summed E-state index contributed by atoms with van der Waals surface area (Å²) in [7, 11) is 1.35. The minimum absolute atomic E-state index is 0.0526. The zero-order valence-electron chi connectivity index (χ0n) is 14.9. The molecule has 1 amide bonds. The molecule has 1 aromatic heterocycles. The van der Waals surface area contributed by atoms with Crippen molar-refractivity contribution in [2.24, 2.45) is 0 Å². The minimum atomic E-state index is -0.472. The number of esters is 1. The van der Waals surface area contributed by atoms with Gasteiger partial charge in [-0.1, -0.05) is 12.1 Å². The number of H-pyrrole nitrogens is 1. The molecule has 0 saturated carbocycles. The molecule has 1 N–H and O–H groups in total. The highest BCUT2D eigenvalue weighted by atomic mass is 16.5. The second kappa shape index (κ2) is 8.12. The van der Waals surface area contributed by atoms with E-state index in [1.54, 1.807) is 23.1 Å². The van der Waals surface area contributed by atoms with Crippen molar-refractivity contribution >= 4 is 22.8 Å². The lowest BCUT2D eigenvalue weighted by Gasteiger charge is -2.33. The van der Waals surface area contributed by atoms with Crippen LogP contribution in [0.1, 0.15) is 37.9 Å². The van der Waals surface area contributed by atoms with Gasteiger partial charge in [0, 0.05) is 19.4 Å². The topological polar surface area (TPSA) is 92.4 Å². The molecule has 0 radical (unpaired) electrons. The monoisotopic (exact) mass is 357 g/mol. The van der Waals surface area contributed by atoms with E-state index >= 15 is 0 Å². The Kier molecular flexibility index (Phi) is 5.65. The molecule has 3 rings (SSSR count). The highest BCUT2D eigenvalue weighted by Crippen LogP contribution is 2.19. The summed E-state index contributed by atoms with van der Waals surface area (Å²) < 4.78 is 4.82. The minimum Gasteiger partial charge on any atom is -0.467 e. The predicted octanol–water partition coefficient (Wildman–Crippen LogP) is 1.80. The number of carbonyl (C=O) groups is 2. The molecule has 2 heterocycles. The highest BCUT2D eigenvalue weighted by molar-refractivity contribution is 5.84. The van der Waals surface area contributed by atoms with Gasteiger partial charge in [0.15, 0.2) is 0 Å². The number of aryl methyl sites for hydroxylation is 1. The Labute approximate surface area is 151 Å². The number of methoxy groups -OCH3 is 1. The third kappa shape index (κ3) is 3.92. The van der Waals surface area contributed by atoms with Crippen molar-refractivity contribution in [2.45, 2.75) is 44.6 Å². The van der Waals surface area contributed by atoms with E-state index in [0.29, 0.717) is 49.0 Å². The Morgan fingerprint density at radius 1 is 1.31 bits per heavy atom. The van der Waals surface area contributed by atoms with E-state index in [-0.39, 0.29) is 17.4 Å². The molecular formula is C19H23N3O4. The Balaban J connectivity index is 1.61. The molecular weight excluding hydrogens is 334 g/mol. The van der Waals surface area contributed by atoms with Gasteiger partial charge >= 0.3 is 5.97 Å². The van der Waals surface area contributed by atoms with Crippen molar-refractivity contribution in [3.63, 3.8) is 0 Å². The van der Waals surface area contributed by atoms with Crippen LogP contribution in [0, 0.1) is 0 Å². The molecule has 1 saturated heterocycles. The van der Waals surface area contributed by atoms with Crippen LogP contribution in [0.5, 0.6) is 0 Å². The molecule has 1 fully saturated rings. The lowest BCUT2D eigenvalue weighted by molar-refractivity contribution is -0.154. The Bertz CT molecular complexity index is 861. The Morgan fingerprint density at radius 3 is 2.92 bits per heavy atom.